The number of fused-ring (bicyclic) bond motifs is 2. The van der Waals surface area contributed by atoms with Crippen LogP contribution in [0.15, 0.2) is 74.2 Å². The van der Waals surface area contributed by atoms with Crippen LogP contribution in [0.1, 0.15) is 48.2 Å². The van der Waals surface area contributed by atoms with Crippen LogP contribution < -0.4 is 4.72 Å². The number of rotatable bonds is 6. The fraction of sp³-hybridized carbons (Fsp3) is 0.296. The molecule has 1 saturated heterocycles. The van der Waals surface area contributed by atoms with E-state index >= 15 is 0 Å². The Kier molecular flexibility index (Phi) is 7.76. The van der Waals surface area contributed by atoms with Gasteiger partial charge in [-0.15, -0.1) is 10.6 Å². The third-order valence-corrected chi connectivity index (χ3v) is 13.5. The highest BCUT2D eigenvalue weighted by Crippen LogP contribution is 2.65. The summed E-state index contributed by atoms with van der Waals surface area (Å²) in [6.45, 7) is 3.53. The van der Waals surface area contributed by atoms with Gasteiger partial charge in [0.15, 0.2) is 0 Å². The van der Waals surface area contributed by atoms with Crippen molar-refractivity contribution in [1.29, 1.82) is 0 Å². The van der Waals surface area contributed by atoms with Gasteiger partial charge in [0, 0.05) is 24.5 Å². The van der Waals surface area contributed by atoms with E-state index in [1.807, 2.05) is 0 Å². The minimum atomic E-state index is -4.32. The summed E-state index contributed by atoms with van der Waals surface area (Å²) in [5.74, 6) is -1.93. The quantitative estimate of drug-likeness (QED) is 0.284. The lowest BCUT2D eigenvalue weighted by Gasteiger charge is -2.46. The zero-order valence-electron chi connectivity index (χ0n) is 22.4. The molecule has 15 heteroatoms. The van der Waals surface area contributed by atoms with Crippen LogP contribution >= 0.6 is 22.2 Å². The van der Waals surface area contributed by atoms with Crippen molar-refractivity contribution in [2.45, 2.75) is 57.7 Å². The fourth-order valence-electron chi connectivity index (χ4n) is 5.41. The molecule has 0 atom stereocenters. The van der Waals surface area contributed by atoms with Gasteiger partial charge in [0.1, 0.15) is 10.7 Å². The number of nitrogens with zero attached hydrogens (tertiary/aromatic N) is 1. The normalized spacial score (nSPS) is 19.5. The van der Waals surface area contributed by atoms with Crippen LogP contribution in [0.4, 0.5) is 4.39 Å². The summed E-state index contributed by atoms with van der Waals surface area (Å²) in [4.78, 5) is 10.6. The molecule has 42 heavy (non-hydrogen) atoms. The van der Waals surface area contributed by atoms with Gasteiger partial charge < -0.3 is 5.11 Å². The van der Waals surface area contributed by atoms with Gasteiger partial charge in [-0.25, -0.2) is 30.7 Å². The number of carbonyl (C=O) groups is 1. The zero-order valence-corrected chi connectivity index (χ0v) is 25.6. The molecule has 0 bridgehead atoms. The predicted molar refractivity (Wildman–Crippen MR) is 155 cm³/mol. The van der Waals surface area contributed by atoms with E-state index in [1.165, 1.54) is 40.7 Å². The van der Waals surface area contributed by atoms with Gasteiger partial charge >= 0.3 is 5.97 Å². The smallest absolute Gasteiger partial charge is 0.335 e. The van der Waals surface area contributed by atoms with Crippen LogP contribution in [0, 0.1) is 5.82 Å². The summed E-state index contributed by atoms with van der Waals surface area (Å²) in [6.07, 6.45) is 0.239. The first-order valence-electron chi connectivity index (χ1n) is 12.7. The highest BCUT2D eigenvalue weighted by molar-refractivity contribution is 8.24. The standard InChI is InChI=1S/C27H28ClFN2O8S3/c1-27(2)20-7-6-17(29)13-23(20)40(34,35)24-15-25(22(28)14-21(24)27)41(36,37)30-18-8-10-31(11-9-18)42(38,39)19-5-3-4-16(12-19)26(32)33/h3-7,12-15,18,30,34-35H,8-11H2,1-2H3,(H,32,33). The highest BCUT2D eigenvalue weighted by Gasteiger charge is 2.43. The maximum atomic E-state index is 14.1. The number of carboxylic acid groups (broad SMARTS) is 1. The minimum Gasteiger partial charge on any atom is -0.478 e. The maximum absolute atomic E-state index is 14.1. The van der Waals surface area contributed by atoms with Gasteiger partial charge in [-0.2, -0.15) is 4.31 Å². The fourth-order valence-corrected chi connectivity index (χ4v) is 10.9. The molecular formula is C27H28ClFN2O8S3. The number of halogens is 2. The lowest BCUT2D eigenvalue weighted by atomic mass is 9.77. The number of nitrogens with one attached hydrogen (secondary N) is 1. The molecule has 3 aromatic carbocycles. The molecule has 0 saturated carbocycles. The zero-order chi connectivity index (χ0) is 30.8. The number of piperidine rings is 1. The Morgan fingerprint density at radius 1 is 1.00 bits per heavy atom. The topological polar surface area (TPSA) is 161 Å². The second kappa shape index (κ2) is 10.6. The van der Waals surface area contributed by atoms with Crippen LogP contribution in [0.2, 0.25) is 5.02 Å². The van der Waals surface area contributed by atoms with E-state index in [1.54, 1.807) is 13.8 Å². The summed E-state index contributed by atoms with van der Waals surface area (Å²) in [7, 11) is -12.1. The predicted octanol–water partition coefficient (Wildman–Crippen LogP) is 5.12. The van der Waals surface area contributed by atoms with Crippen LogP contribution in [0.25, 0.3) is 0 Å². The van der Waals surface area contributed by atoms with Gasteiger partial charge in [-0.3, -0.25) is 9.11 Å². The number of carboxylic acids is 1. The van der Waals surface area contributed by atoms with Crippen LogP contribution in [0.5, 0.6) is 0 Å². The SMILES string of the molecule is CC1(C)c2ccc(F)cc2S(O)(O)c2cc(S(=O)(=O)NC3CCN(S(=O)(=O)c4cccc(C(=O)O)c4)CC3)c(Cl)cc21. The third kappa shape index (κ3) is 5.24. The first-order valence-corrected chi connectivity index (χ1v) is 17.6. The molecule has 226 valence electrons. The summed E-state index contributed by atoms with van der Waals surface area (Å²) in [5, 5.41) is 9.05. The molecule has 0 aliphatic carbocycles. The van der Waals surface area contributed by atoms with Crippen molar-refractivity contribution in [2.75, 3.05) is 13.1 Å². The highest BCUT2D eigenvalue weighted by atomic mass is 35.5. The molecule has 0 aromatic heterocycles. The molecule has 1 fully saturated rings. The van der Waals surface area contributed by atoms with E-state index in [4.69, 9.17) is 11.6 Å². The summed E-state index contributed by atoms with van der Waals surface area (Å²) >= 11 is 6.46. The first-order chi connectivity index (χ1) is 19.5. The van der Waals surface area contributed by atoms with Crippen molar-refractivity contribution in [3.05, 3.63) is 82.1 Å². The Morgan fingerprint density at radius 2 is 1.64 bits per heavy atom. The monoisotopic (exact) mass is 658 g/mol. The number of sulfonamides is 2. The molecule has 3 aromatic rings. The van der Waals surface area contributed by atoms with E-state index in [-0.39, 0.29) is 56.1 Å². The Bertz CT molecular complexity index is 1820. The van der Waals surface area contributed by atoms with Crippen molar-refractivity contribution in [1.82, 2.24) is 9.03 Å². The first kappa shape index (κ1) is 30.9. The molecule has 4 N–H and O–H groups in total. The number of hydrogen-bond acceptors (Lipinski definition) is 7. The molecule has 2 aliphatic heterocycles. The van der Waals surface area contributed by atoms with Gasteiger partial charge in [-0.05, 0) is 66.4 Å². The molecule has 0 unspecified atom stereocenters. The summed E-state index contributed by atoms with van der Waals surface area (Å²) in [5.41, 5.74) is -0.134. The van der Waals surface area contributed by atoms with Crippen molar-refractivity contribution in [2.24, 2.45) is 0 Å². The van der Waals surface area contributed by atoms with E-state index in [0.717, 1.165) is 18.2 Å². The van der Waals surface area contributed by atoms with E-state index < -0.39 is 53.9 Å². The van der Waals surface area contributed by atoms with Crippen molar-refractivity contribution in [3.63, 3.8) is 0 Å². The van der Waals surface area contributed by atoms with Crippen molar-refractivity contribution >= 4 is 48.2 Å². The molecule has 2 heterocycles. The van der Waals surface area contributed by atoms with Crippen molar-refractivity contribution in [3.8, 4) is 0 Å². The average molecular weight is 659 g/mol. The molecule has 0 radical (unpaired) electrons. The maximum Gasteiger partial charge on any atom is 0.335 e. The largest absolute Gasteiger partial charge is 0.478 e. The van der Waals surface area contributed by atoms with Gasteiger partial charge in [0.2, 0.25) is 20.0 Å². The van der Waals surface area contributed by atoms with E-state index in [2.05, 4.69) is 4.72 Å². The number of benzene rings is 3. The third-order valence-electron chi connectivity index (χ3n) is 7.72. The summed E-state index contributed by atoms with van der Waals surface area (Å²) < 4.78 is 93.4. The summed E-state index contributed by atoms with van der Waals surface area (Å²) in [6, 6.07) is 10.5. The molecule has 10 nitrogen and oxygen atoms in total. The van der Waals surface area contributed by atoms with Crippen LogP contribution in [-0.2, 0) is 25.5 Å². The Morgan fingerprint density at radius 3 is 2.29 bits per heavy atom. The Balaban J connectivity index is 1.39. The Labute approximate surface area is 249 Å². The molecular weight excluding hydrogens is 631 g/mol. The number of aromatic carboxylic acids is 1. The van der Waals surface area contributed by atoms with E-state index in [9.17, 15) is 40.2 Å². The molecule has 5 rings (SSSR count). The van der Waals surface area contributed by atoms with Gasteiger partial charge in [0.05, 0.1) is 25.3 Å². The lowest BCUT2D eigenvalue weighted by Crippen LogP contribution is -2.46. The average Bonchev–Trinajstić information content (AvgIpc) is 2.92. The van der Waals surface area contributed by atoms with Crippen LogP contribution in [-0.4, -0.2) is 60.5 Å². The second-order valence-electron chi connectivity index (χ2n) is 10.7. The minimum absolute atomic E-state index is 0.0260. The van der Waals surface area contributed by atoms with Crippen LogP contribution in [0.3, 0.4) is 0 Å². The molecule has 0 spiro atoms. The van der Waals surface area contributed by atoms with E-state index in [0.29, 0.717) is 11.1 Å². The second-order valence-corrected chi connectivity index (χ2v) is 16.7. The van der Waals surface area contributed by atoms with Gasteiger partial charge in [0.25, 0.3) is 0 Å². The van der Waals surface area contributed by atoms with Crippen molar-refractivity contribution < 1.29 is 40.2 Å². The lowest BCUT2D eigenvalue weighted by molar-refractivity contribution is 0.0696. The molecule has 2 aliphatic rings. The van der Waals surface area contributed by atoms with Gasteiger partial charge in [-0.1, -0.05) is 37.6 Å². The molecule has 0 amide bonds. The Hall–Kier alpha value is -2.56. The number of hydrogen-bond donors (Lipinski definition) is 4.